The van der Waals surface area contributed by atoms with Crippen LogP contribution in [0.1, 0.15) is 6.92 Å². The van der Waals surface area contributed by atoms with Crippen molar-refractivity contribution in [1.29, 1.82) is 0 Å². The summed E-state index contributed by atoms with van der Waals surface area (Å²) in [5.74, 6) is -0.536. The summed E-state index contributed by atoms with van der Waals surface area (Å²) in [4.78, 5) is 21.4. The largest absolute Gasteiger partial charge is 0.394 e. The molecule has 0 fully saturated rings. The second-order valence-electron chi connectivity index (χ2n) is 3.29. The molecule has 0 saturated carbocycles. The van der Waals surface area contributed by atoms with Gasteiger partial charge in [0.1, 0.15) is 6.29 Å². The molecule has 88 valence electrons. The van der Waals surface area contributed by atoms with Gasteiger partial charge in [-0.3, -0.25) is 4.79 Å². The van der Waals surface area contributed by atoms with Gasteiger partial charge in [0.25, 0.3) is 0 Å². The number of aldehydes is 1. The van der Waals surface area contributed by atoms with Crippen LogP contribution < -0.4 is 16.8 Å². The first kappa shape index (κ1) is 14.0. The average Bonchev–Trinajstić information content (AvgIpc) is 2.23. The van der Waals surface area contributed by atoms with E-state index in [0.29, 0.717) is 6.29 Å². The second kappa shape index (κ2) is 6.46. The van der Waals surface area contributed by atoms with Gasteiger partial charge in [-0.1, -0.05) is 0 Å². The van der Waals surface area contributed by atoms with E-state index in [1.807, 2.05) is 0 Å². The van der Waals surface area contributed by atoms with E-state index >= 15 is 0 Å². The Balaban J connectivity index is 4.36. The summed E-state index contributed by atoms with van der Waals surface area (Å²) in [5.41, 5.74) is 10.5. The minimum absolute atomic E-state index is 0.339. The fraction of sp³-hybridized carbons (Fsp3) is 0.750. The first-order chi connectivity index (χ1) is 6.93. The molecule has 15 heavy (non-hydrogen) atoms. The summed E-state index contributed by atoms with van der Waals surface area (Å²) < 4.78 is 0. The van der Waals surface area contributed by atoms with Gasteiger partial charge >= 0.3 is 0 Å². The van der Waals surface area contributed by atoms with E-state index < -0.39 is 36.7 Å². The Bertz CT molecular complexity index is 222. The lowest BCUT2D eigenvalue weighted by Crippen LogP contribution is -2.56. The zero-order chi connectivity index (χ0) is 12.0. The van der Waals surface area contributed by atoms with E-state index in [1.165, 1.54) is 6.92 Å². The quantitative estimate of drug-likeness (QED) is 0.296. The Morgan fingerprint density at radius 2 is 2.07 bits per heavy atom. The third kappa shape index (κ3) is 4.34. The molecule has 7 N–H and O–H groups in total. The van der Waals surface area contributed by atoms with Crippen molar-refractivity contribution in [1.82, 2.24) is 5.32 Å². The van der Waals surface area contributed by atoms with E-state index in [9.17, 15) is 14.7 Å². The van der Waals surface area contributed by atoms with Gasteiger partial charge in [-0.15, -0.1) is 0 Å². The van der Waals surface area contributed by atoms with Crippen LogP contribution in [-0.2, 0) is 9.59 Å². The molecule has 0 spiro atoms. The fourth-order valence-corrected chi connectivity index (χ4v) is 0.902. The third-order valence-corrected chi connectivity index (χ3v) is 1.90. The zero-order valence-corrected chi connectivity index (χ0v) is 8.46. The summed E-state index contributed by atoms with van der Waals surface area (Å²) in [6.45, 7) is 0.928. The highest BCUT2D eigenvalue weighted by molar-refractivity contribution is 5.81. The van der Waals surface area contributed by atoms with Gasteiger partial charge in [-0.25, -0.2) is 0 Å². The zero-order valence-electron chi connectivity index (χ0n) is 8.46. The van der Waals surface area contributed by atoms with E-state index in [2.05, 4.69) is 5.32 Å². The molecule has 0 aliphatic rings. The lowest BCUT2D eigenvalue weighted by Gasteiger charge is -2.24. The number of nitrogens with two attached hydrogens (primary N) is 2. The van der Waals surface area contributed by atoms with Crippen LogP contribution >= 0.6 is 0 Å². The normalized spacial score (nSPS) is 18.7. The molecule has 7 heteroatoms. The Morgan fingerprint density at radius 1 is 1.53 bits per heavy atom. The van der Waals surface area contributed by atoms with E-state index in [4.69, 9.17) is 16.6 Å². The number of rotatable bonds is 6. The molecule has 0 rings (SSSR count). The molecule has 0 unspecified atom stereocenters. The summed E-state index contributed by atoms with van der Waals surface area (Å²) in [6, 6.07) is -2.92. The highest BCUT2D eigenvalue weighted by Gasteiger charge is 2.26. The van der Waals surface area contributed by atoms with Gasteiger partial charge < -0.3 is 31.8 Å². The van der Waals surface area contributed by atoms with Gasteiger partial charge in [-0.2, -0.15) is 0 Å². The minimum atomic E-state index is -1.34. The SMILES string of the molecule is C[C@@H](N)C(=O)N[C@@H](CO)[C@H](O)[C@@H](N)C=O. The summed E-state index contributed by atoms with van der Waals surface area (Å²) >= 11 is 0. The van der Waals surface area contributed by atoms with Crippen LogP contribution in [0.3, 0.4) is 0 Å². The molecule has 1 amide bonds. The van der Waals surface area contributed by atoms with Gasteiger partial charge in [0.15, 0.2) is 0 Å². The van der Waals surface area contributed by atoms with Crippen molar-refractivity contribution >= 4 is 12.2 Å². The third-order valence-electron chi connectivity index (χ3n) is 1.90. The molecule has 7 nitrogen and oxygen atoms in total. The van der Waals surface area contributed by atoms with Gasteiger partial charge in [-0.05, 0) is 6.92 Å². The number of aliphatic hydroxyl groups excluding tert-OH is 2. The number of carbonyl (C=O) groups is 2. The molecule has 0 aliphatic heterocycles. The van der Waals surface area contributed by atoms with Gasteiger partial charge in [0, 0.05) is 0 Å². The van der Waals surface area contributed by atoms with Crippen molar-refractivity contribution in [3.63, 3.8) is 0 Å². The number of nitrogens with one attached hydrogen (secondary N) is 1. The van der Waals surface area contributed by atoms with Crippen molar-refractivity contribution in [2.75, 3.05) is 6.61 Å². The number of amides is 1. The first-order valence-electron chi connectivity index (χ1n) is 4.49. The van der Waals surface area contributed by atoms with Crippen molar-refractivity contribution in [3.05, 3.63) is 0 Å². The summed E-state index contributed by atoms with van der Waals surface area (Å²) in [5, 5.41) is 20.6. The minimum Gasteiger partial charge on any atom is -0.394 e. The summed E-state index contributed by atoms with van der Waals surface area (Å²) in [6.07, 6.45) is -0.999. The highest BCUT2D eigenvalue weighted by Crippen LogP contribution is 1.97. The molecule has 0 aromatic rings. The molecule has 0 aliphatic carbocycles. The predicted octanol–water partition coefficient (Wildman–Crippen LogP) is -3.30. The van der Waals surface area contributed by atoms with E-state index in [0.717, 1.165) is 0 Å². The lowest BCUT2D eigenvalue weighted by molar-refractivity contribution is -0.125. The molecular weight excluding hydrogens is 202 g/mol. The van der Waals surface area contributed by atoms with Crippen LogP contribution in [0.5, 0.6) is 0 Å². The van der Waals surface area contributed by atoms with Crippen molar-refractivity contribution in [3.8, 4) is 0 Å². The van der Waals surface area contributed by atoms with Crippen LogP contribution in [0.2, 0.25) is 0 Å². The average molecular weight is 219 g/mol. The fourth-order valence-electron chi connectivity index (χ4n) is 0.902. The van der Waals surface area contributed by atoms with Gasteiger partial charge in [0.2, 0.25) is 5.91 Å². The van der Waals surface area contributed by atoms with E-state index in [1.54, 1.807) is 0 Å². The molecule has 0 saturated heterocycles. The Labute approximate surface area is 87.4 Å². The van der Waals surface area contributed by atoms with Crippen molar-refractivity contribution < 1.29 is 19.8 Å². The van der Waals surface area contributed by atoms with Crippen LogP contribution in [0.4, 0.5) is 0 Å². The van der Waals surface area contributed by atoms with Crippen LogP contribution in [0, 0.1) is 0 Å². The molecule has 0 aromatic carbocycles. The second-order valence-corrected chi connectivity index (χ2v) is 3.29. The number of hydrogen-bond donors (Lipinski definition) is 5. The Kier molecular flexibility index (Phi) is 6.02. The molecular formula is C8H17N3O4. The highest BCUT2D eigenvalue weighted by atomic mass is 16.3. The topological polar surface area (TPSA) is 139 Å². The number of hydrogen-bond acceptors (Lipinski definition) is 6. The molecule has 0 radical (unpaired) electrons. The van der Waals surface area contributed by atoms with Crippen LogP contribution in [0.15, 0.2) is 0 Å². The van der Waals surface area contributed by atoms with Crippen molar-refractivity contribution in [2.24, 2.45) is 11.5 Å². The molecule has 0 heterocycles. The smallest absolute Gasteiger partial charge is 0.237 e. The van der Waals surface area contributed by atoms with Crippen molar-refractivity contribution in [2.45, 2.75) is 31.2 Å². The first-order valence-corrected chi connectivity index (χ1v) is 4.49. The van der Waals surface area contributed by atoms with Crippen LogP contribution in [0.25, 0.3) is 0 Å². The lowest BCUT2D eigenvalue weighted by atomic mass is 10.1. The van der Waals surface area contributed by atoms with E-state index in [-0.39, 0.29) is 0 Å². The standard InChI is InChI=1S/C8H17N3O4/c1-4(9)8(15)11-6(3-13)7(14)5(10)2-12/h2,4-7,13-14H,3,9-10H2,1H3,(H,11,15)/t4-,5+,6+,7-/m1/s1. The summed E-state index contributed by atoms with van der Waals surface area (Å²) in [7, 11) is 0. The Morgan fingerprint density at radius 3 is 2.40 bits per heavy atom. The predicted molar refractivity (Wildman–Crippen MR) is 52.7 cm³/mol. The maximum atomic E-state index is 11.1. The Hall–Kier alpha value is -1.02. The monoisotopic (exact) mass is 219 g/mol. The molecule has 4 atom stereocenters. The molecule has 0 aromatic heterocycles. The molecule has 0 bridgehead atoms. The number of carbonyl (C=O) groups excluding carboxylic acids is 2. The van der Waals surface area contributed by atoms with Gasteiger partial charge in [0.05, 0.1) is 30.8 Å². The van der Waals surface area contributed by atoms with Crippen LogP contribution in [-0.4, -0.2) is 53.2 Å². The number of aliphatic hydroxyl groups is 2. The maximum Gasteiger partial charge on any atom is 0.237 e. The maximum absolute atomic E-state index is 11.1.